The Morgan fingerprint density at radius 2 is 1.81 bits per heavy atom. The Labute approximate surface area is 106 Å². The van der Waals surface area contributed by atoms with E-state index in [4.69, 9.17) is 39.9 Å². The van der Waals surface area contributed by atoms with Crippen LogP contribution in [-0.2, 0) is 0 Å². The van der Waals surface area contributed by atoms with Crippen LogP contribution in [0.25, 0.3) is 10.8 Å². The molecule has 0 aliphatic rings. The zero-order valence-electron chi connectivity index (χ0n) is 7.67. The lowest BCUT2D eigenvalue weighted by molar-refractivity contribution is 0.0691. The van der Waals surface area contributed by atoms with Crippen molar-refractivity contribution in [1.82, 2.24) is 4.98 Å². The molecule has 0 saturated heterocycles. The molecule has 6 heteroatoms. The average molecular weight is 277 g/mol. The number of fused-ring (bicyclic) bond motifs is 1. The third-order valence-electron chi connectivity index (χ3n) is 2.04. The molecule has 0 aliphatic carbocycles. The standard InChI is InChI=1S/C10H4Cl3NO2/c11-4-1-6-5(7(12)2-4)3-8(10(15)16)14-9(6)13/h1-3H,(H,15,16). The fourth-order valence-electron chi connectivity index (χ4n) is 1.35. The van der Waals surface area contributed by atoms with E-state index in [1.807, 2.05) is 0 Å². The molecular formula is C10H4Cl3NO2. The van der Waals surface area contributed by atoms with Gasteiger partial charge in [0.25, 0.3) is 0 Å². The molecule has 1 heterocycles. The van der Waals surface area contributed by atoms with Gasteiger partial charge in [-0.25, -0.2) is 9.78 Å². The molecule has 1 N–H and O–H groups in total. The van der Waals surface area contributed by atoms with Crippen LogP contribution in [0.2, 0.25) is 15.2 Å². The highest BCUT2D eigenvalue weighted by Gasteiger charge is 2.12. The van der Waals surface area contributed by atoms with Gasteiger partial charge in [-0.15, -0.1) is 0 Å². The highest BCUT2D eigenvalue weighted by Crippen LogP contribution is 2.31. The minimum atomic E-state index is -1.16. The topological polar surface area (TPSA) is 50.2 Å². The van der Waals surface area contributed by atoms with Gasteiger partial charge in [-0.2, -0.15) is 0 Å². The van der Waals surface area contributed by atoms with E-state index < -0.39 is 5.97 Å². The molecule has 2 aromatic rings. The Kier molecular flexibility index (Phi) is 2.93. The molecule has 2 rings (SSSR count). The number of carboxylic acid groups (broad SMARTS) is 1. The smallest absolute Gasteiger partial charge is 0.354 e. The normalized spacial score (nSPS) is 10.7. The molecule has 0 radical (unpaired) electrons. The van der Waals surface area contributed by atoms with Crippen LogP contribution >= 0.6 is 34.8 Å². The maximum absolute atomic E-state index is 10.8. The lowest BCUT2D eigenvalue weighted by Gasteiger charge is -2.04. The summed E-state index contributed by atoms with van der Waals surface area (Å²) in [4.78, 5) is 14.5. The minimum absolute atomic E-state index is 0.0688. The number of carbonyl (C=O) groups is 1. The Balaban J connectivity index is 2.87. The van der Waals surface area contributed by atoms with Crippen molar-refractivity contribution in [3.8, 4) is 0 Å². The van der Waals surface area contributed by atoms with Crippen molar-refractivity contribution in [2.75, 3.05) is 0 Å². The van der Waals surface area contributed by atoms with Gasteiger partial charge < -0.3 is 5.11 Å². The first-order chi connectivity index (χ1) is 7.49. The highest BCUT2D eigenvalue weighted by atomic mass is 35.5. The summed E-state index contributed by atoms with van der Waals surface area (Å²) in [7, 11) is 0. The summed E-state index contributed by atoms with van der Waals surface area (Å²) in [5.41, 5.74) is -0.151. The van der Waals surface area contributed by atoms with Crippen molar-refractivity contribution >= 4 is 51.5 Å². The predicted molar refractivity (Wildman–Crippen MR) is 63.7 cm³/mol. The van der Waals surface area contributed by atoms with Gasteiger partial charge in [-0.3, -0.25) is 0 Å². The average Bonchev–Trinajstić information content (AvgIpc) is 2.19. The fraction of sp³-hybridized carbons (Fsp3) is 0. The number of carboxylic acids is 1. The number of aromatic carboxylic acids is 1. The summed E-state index contributed by atoms with van der Waals surface area (Å²) in [6.07, 6.45) is 0. The molecule has 1 aromatic carbocycles. The van der Waals surface area contributed by atoms with E-state index in [1.54, 1.807) is 6.07 Å². The fourth-order valence-corrected chi connectivity index (χ4v) is 2.14. The molecule has 1 aromatic heterocycles. The number of hydrogen-bond acceptors (Lipinski definition) is 2. The van der Waals surface area contributed by atoms with Crippen LogP contribution in [0.4, 0.5) is 0 Å². The molecule has 0 amide bonds. The van der Waals surface area contributed by atoms with E-state index in [-0.39, 0.29) is 10.8 Å². The molecule has 0 aliphatic heterocycles. The summed E-state index contributed by atoms with van der Waals surface area (Å²) in [6, 6.07) is 4.47. The van der Waals surface area contributed by atoms with Gasteiger partial charge in [0.05, 0.1) is 5.02 Å². The lowest BCUT2D eigenvalue weighted by Crippen LogP contribution is -2.00. The number of aromatic nitrogens is 1. The second-order valence-electron chi connectivity index (χ2n) is 3.09. The lowest BCUT2D eigenvalue weighted by atomic mass is 10.1. The van der Waals surface area contributed by atoms with Crippen LogP contribution in [0.1, 0.15) is 10.5 Å². The van der Waals surface area contributed by atoms with Crippen molar-refractivity contribution in [2.45, 2.75) is 0 Å². The Hall–Kier alpha value is -1.03. The minimum Gasteiger partial charge on any atom is -0.477 e. The number of halogens is 3. The largest absolute Gasteiger partial charge is 0.477 e. The van der Waals surface area contributed by atoms with Crippen molar-refractivity contribution < 1.29 is 9.90 Å². The number of nitrogens with zero attached hydrogens (tertiary/aromatic N) is 1. The molecule has 0 atom stereocenters. The molecule has 82 valence electrons. The SMILES string of the molecule is O=C(O)c1cc2c(Cl)cc(Cl)cc2c(Cl)n1. The van der Waals surface area contributed by atoms with E-state index in [0.29, 0.717) is 20.8 Å². The third kappa shape index (κ3) is 1.94. The maximum Gasteiger partial charge on any atom is 0.354 e. The van der Waals surface area contributed by atoms with E-state index in [2.05, 4.69) is 4.98 Å². The first kappa shape index (κ1) is 11.5. The number of benzene rings is 1. The quantitative estimate of drug-likeness (QED) is 0.804. The second kappa shape index (κ2) is 4.09. The second-order valence-corrected chi connectivity index (χ2v) is 4.29. The van der Waals surface area contributed by atoms with Crippen molar-refractivity contribution in [3.05, 3.63) is 39.1 Å². The van der Waals surface area contributed by atoms with Crippen LogP contribution in [0.15, 0.2) is 18.2 Å². The predicted octanol–water partition coefficient (Wildman–Crippen LogP) is 3.89. The summed E-state index contributed by atoms with van der Waals surface area (Å²) in [5.74, 6) is -1.16. The van der Waals surface area contributed by atoms with Crippen molar-refractivity contribution in [2.24, 2.45) is 0 Å². The molecule has 0 fully saturated rings. The Bertz CT molecular complexity index is 598. The van der Waals surface area contributed by atoms with Gasteiger partial charge in [-0.1, -0.05) is 34.8 Å². The molecule has 0 saturated carbocycles. The molecule has 0 unspecified atom stereocenters. The summed E-state index contributed by atoms with van der Waals surface area (Å²) < 4.78 is 0. The van der Waals surface area contributed by atoms with Gasteiger partial charge in [0, 0.05) is 15.8 Å². The van der Waals surface area contributed by atoms with Crippen molar-refractivity contribution in [1.29, 1.82) is 0 Å². The molecule has 0 bridgehead atoms. The summed E-state index contributed by atoms with van der Waals surface area (Å²) in [6.45, 7) is 0. The zero-order chi connectivity index (χ0) is 11.9. The third-order valence-corrected chi connectivity index (χ3v) is 2.85. The van der Waals surface area contributed by atoms with Crippen molar-refractivity contribution in [3.63, 3.8) is 0 Å². The van der Waals surface area contributed by atoms with Gasteiger partial charge in [-0.05, 0) is 18.2 Å². The first-order valence-electron chi connectivity index (χ1n) is 4.17. The zero-order valence-corrected chi connectivity index (χ0v) is 9.94. The number of pyridine rings is 1. The Morgan fingerprint density at radius 3 is 2.44 bits per heavy atom. The van der Waals surface area contributed by atoms with E-state index in [9.17, 15) is 4.79 Å². The first-order valence-corrected chi connectivity index (χ1v) is 5.31. The molecular weight excluding hydrogens is 272 g/mol. The van der Waals surface area contributed by atoms with Gasteiger partial charge >= 0.3 is 5.97 Å². The van der Waals surface area contributed by atoms with Gasteiger partial charge in [0.15, 0.2) is 5.69 Å². The van der Waals surface area contributed by atoms with E-state index >= 15 is 0 Å². The van der Waals surface area contributed by atoms with Crippen LogP contribution in [0.5, 0.6) is 0 Å². The Morgan fingerprint density at radius 1 is 1.12 bits per heavy atom. The molecule has 16 heavy (non-hydrogen) atoms. The van der Waals surface area contributed by atoms with Crippen LogP contribution < -0.4 is 0 Å². The summed E-state index contributed by atoms with van der Waals surface area (Å²) >= 11 is 17.6. The number of rotatable bonds is 1. The molecule has 0 spiro atoms. The monoisotopic (exact) mass is 275 g/mol. The molecule has 3 nitrogen and oxygen atoms in total. The summed E-state index contributed by atoms with van der Waals surface area (Å²) in [5, 5.41) is 10.7. The maximum atomic E-state index is 10.8. The van der Waals surface area contributed by atoms with Crippen LogP contribution in [0.3, 0.4) is 0 Å². The highest BCUT2D eigenvalue weighted by molar-refractivity contribution is 6.41. The number of hydrogen-bond donors (Lipinski definition) is 1. The van der Waals surface area contributed by atoms with E-state index in [0.717, 1.165) is 0 Å². The van der Waals surface area contributed by atoms with Crippen LogP contribution in [0, 0.1) is 0 Å². The van der Waals surface area contributed by atoms with Crippen LogP contribution in [-0.4, -0.2) is 16.1 Å². The van der Waals surface area contributed by atoms with E-state index in [1.165, 1.54) is 12.1 Å². The van der Waals surface area contributed by atoms with Gasteiger partial charge in [0.2, 0.25) is 0 Å². The van der Waals surface area contributed by atoms with Gasteiger partial charge in [0.1, 0.15) is 5.15 Å².